The van der Waals surface area contributed by atoms with Crippen molar-refractivity contribution in [2.24, 2.45) is 0 Å². The van der Waals surface area contributed by atoms with Gasteiger partial charge in [-0.3, -0.25) is 4.79 Å². The molecule has 1 atom stereocenters. The molecule has 2 rings (SSSR count). The van der Waals surface area contributed by atoms with Crippen LogP contribution in [-0.4, -0.2) is 31.7 Å². The van der Waals surface area contributed by atoms with Gasteiger partial charge in [-0.2, -0.15) is 0 Å². The molecule has 1 aromatic carbocycles. The fourth-order valence-electron chi connectivity index (χ4n) is 2.38. The van der Waals surface area contributed by atoms with Gasteiger partial charge in [0.2, 0.25) is 5.91 Å². The van der Waals surface area contributed by atoms with Gasteiger partial charge in [0.05, 0.1) is 12.1 Å². The number of aryl methyl sites for hydroxylation is 1. The average molecular weight is 276 g/mol. The molecule has 1 saturated heterocycles. The number of ether oxygens (including phenoxy) is 1. The topological polar surface area (TPSA) is 50.4 Å². The quantitative estimate of drug-likeness (QED) is 0.864. The van der Waals surface area contributed by atoms with Gasteiger partial charge >= 0.3 is 0 Å². The number of amides is 1. The standard InChI is InChI=1S/C16H24N2O2/c1-12-3-5-14(6-4-12)13(2)18-16(19)11-20-15-7-9-17-10-8-15/h3-6,13,15,17H,7-11H2,1-2H3,(H,18,19)/t13-/m1/s1. The second kappa shape index (κ2) is 7.41. The first-order chi connectivity index (χ1) is 9.65. The SMILES string of the molecule is Cc1ccc([C@@H](C)NC(=O)COC2CCNCC2)cc1. The third kappa shape index (κ3) is 4.62. The number of rotatable bonds is 5. The molecule has 0 saturated carbocycles. The number of hydrogen-bond donors (Lipinski definition) is 2. The minimum atomic E-state index is -0.0448. The number of carbonyl (C=O) groups is 1. The fraction of sp³-hybridized carbons (Fsp3) is 0.562. The number of piperidine rings is 1. The Kier molecular flexibility index (Phi) is 5.56. The lowest BCUT2D eigenvalue weighted by Gasteiger charge is -2.23. The van der Waals surface area contributed by atoms with E-state index in [1.165, 1.54) is 5.56 Å². The highest BCUT2D eigenvalue weighted by atomic mass is 16.5. The summed E-state index contributed by atoms with van der Waals surface area (Å²) in [6.07, 6.45) is 2.19. The summed E-state index contributed by atoms with van der Waals surface area (Å²) in [5.74, 6) is -0.0448. The molecule has 0 spiro atoms. The zero-order chi connectivity index (χ0) is 14.4. The summed E-state index contributed by atoms with van der Waals surface area (Å²) in [6.45, 7) is 6.16. The van der Waals surface area contributed by atoms with Gasteiger partial charge in [-0.25, -0.2) is 0 Å². The van der Waals surface area contributed by atoms with E-state index in [1.54, 1.807) is 0 Å². The van der Waals surface area contributed by atoms with Crippen LogP contribution in [0.1, 0.15) is 36.9 Å². The van der Waals surface area contributed by atoms with Crippen molar-refractivity contribution in [1.82, 2.24) is 10.6 Å². The molecular formula is C16H24N2O2. The van der Waals surface area contributed by atoms with Crippen LogP contribution in [0.25, 0.3) is 0 Å². The zero-order valence-corrected chi connectivity index (χ0v) is 12.3. The fourth-order valence-corrected chi connectivity index (χ4v) is 2.38. The first-order valence-electron chi connectivity index (χ1n) is 7.33. The Balaban J connectivity index is 1.74. The third-order valence-electron chi connectivity index (χ3n) is 3.69. The zero-order valence-electron chi connectivity index (χ0n) is 12.3. The summed E-state index contributed by atoms with van der Waals surface area (Å²) < 4.78 is 5.65. The Morgan fingerprint density at radius 1 is 1.35 bits per heavy atom. The van der Waals surface area contributed by atoms with Crippen LogP contribution in [0.5, 0.6) is 0 Å². The van der Waals surface area contributed by atoms with Crippen LogP contribution in [0.4, 0.5) is 0 Å². The Hall–Kier alpha value is -1.39. The highest BCUT2D eigenvalue weighted by Crippen LogP contribution is 2.13. The number of nitrogens with one attached hydrogen (secondary N) is 2. The van der Waals surface area contributed by atoms with Gasteiger partial charge < -0.3 is 15.4 Å². The molecule has 0 bridgehead atoms. The maximum absolute atomic E-state index is 11.9. The first kappa shape index (κ1) is 15.0. The molecule has 1 amide bonds. The molecule has 1 aliphatic heterocycles. The molecule has 4 heteroatoms. The van der Waals surface area contributed by atoms with Crippen molar-refractivity contribution in [3.05, 3.63) is 35.4 Å². The molecule has 1 fully saturated rings. The van der Waals surface area contributed by atoms with Crippen LogP contribution in [0.15, 0.2) is 24.3 Å². The molecule has 0 aliphatic carbocycles. The molecule has 20 heavy (non-hydrogen) atoms. The van der Waals surface area contributed by atoms with Crippen LogP contribution in [0, 0.1) is 6.92 Å². The van der Waals surface area contributed by atoms with E-state index >= 15 is 0 Å². The van der Waals surface area contributed by atoms with Gasteiger partial charge in [0, 0.05) is 0 Å². The summed E-state index contributed by atoms with van der Waals surface area (Å²) in [5, 5.41) is 6.26. The summed E-state index contributed by atoms with van der Waals surface area (Å²) in [5.41, 5.74) is 2.34. The van der Waals surface area contributed by atoms with E-state index in [0.29, 0.717) is 0 Å². The van der Waals surface area contributed by atoms with E-state index in [4.69, 9.17) is 4.74 Å². The molecular weight excluding hydrogens is 252 g/mol. The third-order valence-corrected chi connectivity index (χ3v) is 3.69. The largest absolute Gasteiger partial charge is 0.368 e. The minimum absolute atomic E-state index is 0.0136. The lowest BCUT2D eigenvalue weighted by Crippen LogP contribution is -2.36. The van der Waals surface area contributed by atoms with E-state index in [1.807, 2.05) is 19.1 Å². The molecule has 110 valence electrons. The molecule has 2 N–H and O–H groups in total. The number of benzene rings is 1. The van der Waals surface area contributed by atoms with E-state index in [0.717, 1.165) is 31.5 Å². The molecule has 1 heterocycles. The molecule has 0 unspecified atom stereocenters. The second-order valence-corrected chi connectivity index (χ2v) is 5.46. The predicted molar refractivity (Wildman–Crippen MR) is 79.6 cm³/mol. The van der Waals surface area contributed by atoms with Gasteiger partial charge in [0.15, 0.2) is 0 Å². The molecule has 4 nitrogen and oxygen atoms in total. The van der Waals surface area contributed by atoms with Crippen molar-refractivity contribution in [3.63, 3.8) is 0 Å². The van der Waals surface area contributed by atoms with Gasteiger partial charge in [-0.05, 0) is 45.3 Å². The molecule has 0 radical (unpaired) electrons. The van der Waals surface area contributed by atoms with Crippen molar-refractivity contribution >= 4 is 5.91 Å². The van der Waals surface area contributed by atoms with Crippen LogP contribution >= 0.6 is 0 Å². The first-order valence-corrected chi connectivity index (χ1v) is 7.33. The maximum Gasteiger partial charge on any atom is 0.246 e. The Morgan fingerprint density at radius 3 is 2.65 bits per heavy atom. The smallest absolute Gasteiger partial charge is 0.246 e. The molecule has 1 aromatic rings. The number of hydrogen-bond acceptors (Lipinski definition) is 3. The van der Waals surface area contributed by atoms with E-state index in [9.17, 15) is 4.79 Å². The summed E-state index contributed by atoms with van der Waals surface area (Å²) in [4.78, 5) is 11.9. The molecule has 1 aliphatic rings. The van der Waals surface area contributed by atoms with E-state index in [-0.39, 0.29) is 24.7 Å². The normalized spacial score (nSPS) is 17.7. The summed E-state index contributed by atoms with van der Waals surface area (Å²) in [6, 6.07) is 8.23. The summed E-state index contributed by atoms with van der Waals surface area (Å²) >= 11 is 0. The maximum atomic E-state index is 11.9. The van der Waals surface area contributed by atoms with E-state index in [2.05, 4.69) is 29.7 Å². The lowest BCUT2D eigenvalue weighted by atomic mass is 10.1. The van der Waals surface area contributed by atoms with Crippen molar-refractivity contribution in [2.45, 2.75) is 38.8 Å². The van der Waals surface area contributed by atoms with Crippen LogP contribution < -0.4 is 10.6 Å². The monoisotopic (exact) mass is 276 g/mol. The van der Waals surface area contributed by atoms with Gasteiger partial charge in [0.25, 0.3) is 0 Å². The van der Waals surface area contributed by atoms with Crippen molar-refractivity contribution in [3.8, 4) is 0 Å². The predicted octanol–water partition coefficient (Wildman–Crippen LogP) is 1.94. The van der Waals surface area contributed by atoms with Crippen molar-refractivity contribution < 1.29 is 9.53 Å². The average Bonchev–Trinajstić information content (AvgIpc) is 2.47. The number of carbonyl (C=O) groups excluding carboxylic acids is 1. The molecule has 0 aromatic heterocycles. The highest BCUT2D eigenvalue weighted by molar-refractivity contribution is 5.77. The van der Waals surface area contributed by atoms with E-state index < -0.39 is 0 Å². The Morgan fingerprint density at radius 2 is 2.00 bits per heavy atom. The highest BCUT2D eigenvalue weighted by Gasteiger charge is 2.16. The van der Waals surface area contributed by atoms with Gasteiger partial charge in [-0.15, -0.1) is 0 Å². The lowest BCUT2D eigenvalue weighted by molar-refractivity contribution is -0.128. The van der Waals surface area contributed by atoms with Crippen LogP contribution in [0.3, 0.4) is 0 Å². The summed E-state index contributed by atoms with van der Waals surface area (Å²) in [7, 11) is 0. The minimum Gasteiger partial charge on any atom is -0.368 e. The van der Waals surface area contributed by atoms with Crippen LogP contribution in [-0.2, 0) is 9.53 Å². The van der Waals surface area contributed by atoms with Crippen molar-refractivity contribution in [1.29, 1.82) is 0 Å². The second-order valence-electron chi connectivity index (χ2n) is 5.46. The van der Waals surface area contributed by atoms with Gasteiger partial charge in [-0.1, -0.05) is 29.8 Å². The van der Waals surface area contributed by atoms with Gasteiger partial charge in [0.1, 0.15) is 6.61 Å². The van der Waals surface area contributed by atoms with Crippen molar-refractivity contribution in [2.75, 3.05) is 19.7 Å². The Labute approximate surface area is 120 Å². The Bertz CT molecular complexity index is 425. The van der Waals surface area contributed by atoms with Crippen LogP contribution in [0.2, 0.25) is 0 Å².